The molecule has 15 heavy (non-hydrogen) atoms. The molecule has 1 N–H and O–H groups in total. The molecule has 2 unspecified atom stereocenters. The molecule has 0 saturated heterocycles. The Morgan fingerprint density at radius 3 is 2.80 bits per heavy atom. The second kappa shape index (κ2) is 6.85. The topological polar surface area (TPSA) is 40.5 Å². The van der Waals surface area contributed by atoms with E-state index in [-0.39, 0.29) is 18.6 Å². The van der Waals surface area contributed by atoms with Crippen molar-refractivity contribution in [3.05, 3.63) is 12.2 Å². The van der Waals surface area contributed by atoms with Crippen molar-refractivity contribution in [3.8, 4) is 0 Å². The number of hydrogen-bond acceptors (Lipinski definition) is 2. The Bertz CT molecular complexity index is 221. The van der Waals surface area contributed by atoms with Gasteiger partial charge in [0.1, 0.15) is 0 Å². The van der Waals surface area contributed by atoms with Crippen LogP contribution in [0, 0.1) is 5.92 Å². The Morgan fingerprint density at radius 2 is 2.20 bits per heavy atom. The molecule has 0 aliphatic heterocycles. The minimum atomic E-state index is 0.139. The number of halogens is 1. The largest absolute Gasteiger partial charge is 0.396 e. The Morgan fingerprint density at radius 1 is 1.47 bits per heavy atom. The van der Waals surface area contributed by atoms with Gasteiger partial charge in [0.15, 0.2) is 0 Å². The van der Waals surface area contributed by atoms with Crippen LogP contribution in [-0.2, 0) is 4.79 Å². The molecule has 0 spiro atoms. The second-order valence-electron chi connectivity index (χ2n) is 3.84. The van der Waals surface area contributed by atoms with Crippen molar-refractivity contribution < 1.29 is 9.90 Å². The maximum atomic E-state index is 10.9. The fourth-order valence-electron chi connectivity index (χ4n) is 2.00. The van der Waals surface area contributed by atoms with Crippen LogP contribution in [0.25, 0.3) is 0 Å². The number of nitrogens with zero attached hydrogens (tertiary/aromatic N) is 1. The lowest BCUT2D eigenvalue weighted by Crippen LogP contribution is -2.42. The average molecular weight is 232 g/mol. The lowest BCUT2D eigenvalue weighted by Gasteiger charge is -2.35. The molecule has 0 aromatic rings. The zero-order valence-corrected chi connectivity index (χ0v) is 9.57. The smallest absolute Gasteiger partial charge is 0.209 e. The molecule has 0 aromatic carbocycles. The molecule has 1 amide bonds. The van der Waals surface area contributed by atoms with E-state index in [0.717, 1.165) is 25.7 Å². The molecule has 0 bridgehead atoms. The summed E-state index contributed by atoms with van der Waals surface area (Å²) in [6.07, 6.45) is 7.52. The molecular weight excluding hydrogens is 214 g/mol. The van der Waals surface area contributed by atoms with E-state index in [1.807, 2.05) is 0 Å². The fraction of sp³-hybridized carbons (Fsp3) is 0.727. The van der Waals surface area contributed by atoms with Gasteiger partial charge in [0.25, 0.3) is 0 Å². The van der Waals surface area contributed by atoms with Gasteiger partial charge in [-0.05, 0) is 19.3 Å². The summed E-state index contributed by atoms with van der Waals surface area (Å²) in [5.41, 5.74) is 0. The van der Waals surface area contributed by atoms with E-state index >= 15 is 0 Å². The van der Waals surface area contributed by atoms with Gasteiger partial charge >= 0.3 is 0 Å². The molecule has 3 nitrogen and oxygen atoms in total. The summed E-state index contributed by atoms with van der Waals surface area (Å²) < 4.78 is 0. The van der Waals surface area contributed by atoms with Gasteiger partial charge in [0.05, 0.1) is 0 Å². The maximum Gasteiger partial charge on any atom is 0.209 e. The maximum absolute atomic E-state index is 10.9. The van der Waals surface area contributed by atoms with Crippen LogP contribution in [-0.4, -0.2) is 41.5 Å². The Kier molecular flexibility index (Phi) is 5.73. The van der Waals surface area contributed by atoms with Crippen molar-refractivity contribution in [2.75, 3.05) is 19.0 Å². The Hall–Kier alpha value is -0.540. The standard InChI is InChI=1S/C11H18ClNO2/c12-6-3-7-13(9-15)11-5-2-1-4-10(11)8-14/h1-2,9-11,14H,3-8H2. The van der Waals surface area contributed by atoms with Crippen molar-refractivity contribution in [3.63, 3.8) is 0 Å². The quantitative estimate of drug-likeness (QED) is 0.427. The zero-order valence-electron chi connectivity index (χ0n) is 8.81. The summed E-state index contributed by atoms with van der Waals surface area (Å²) in [6, 6.07) is 0.140. The number of aliphatic hydroxyl groups is 1. The molecule has 0 fully saturated rings. The molecule has 1 aliphatic rings. The Labute approximate surface area is 95.7 Å². The van der Waals surface area contributed by atoms with Crippen molar-refractivity contribution in [2.24, 2.45) is 5.92 Å². The third-order valence-electron chi connectivity index (χ3n) is 2.87. The molecule has 0 heterocycles. The van der Waals surface area contributed by atoms with Crippen molar-refractivity contribution in [1.82, 2.24) is 4.90 Å². The summed E-state index contributed by atoms with van der Waals surface area (Å²) in [5.74, 6) is 0.743. The van der Waals surface area contributed by atoms with Gasteiger partial charge in [-0.15, -0.1) is 11.6 Å². The predicted octanol–water partition coefficient (Wildman–Crippen LogP) is 1.40. The molecule has 1 rings (SSSR count). The van der Waals surface area contributed by atoms with E-state index < -0.39 is 0 Å². The zero-order chi connectivity index (χ0) is 11.1. The second-order valence-corrected chi connectivity index (χ2v) is 4.22. The molecule has 1 aliphatic carbocycles. The number of allylic oxidation sites excluding steroid dienone is 1. The van der Waals surface area contributed by atoms with Gasteiger partial charge in [0.2, 0.25) is 6.41 Å². The number of carbonyl (C=O) groups excluding carboxylic acids is 1. The van der Waals surface area contributed by atoms with E-state index in [1.165, 1.54) is 0 Å². The number of carbonyl (C=O) groups is 1. The monoisotopic (exact) mass is 231 g/mol. The summed E-state index contributed by atoms with van der Waals surface area (Å²) in [5, 5.41) is 9.23. The molecule has 0 saturated carbocycles. The lowest BCUT2D eigenvalue weighted by atomic mass is 9.88. The first-order valence-electron chi connectivity index (χ1n) is 5.36. The third kappa shape index (κ3) is 3.50. The van der Waals surface area contributed by atoms with Gasteiger partial charge < -0.3 is 10.0 Å². The van der Waals surface area contributed by atoms with Crippen molar-refractivity contribution in [2.45, 2.75) is 25.3 Å². The first kappa shape index (κ1) is 12.5. The van der Waals surface area contributed by atoms with Gasteiger partial charge in [0, 0.05) is 31.0 Å². The fourth-order valence-corrected chi connectivity index (χ4v) is 2.12. The van der Waals surface area contributed by atoms with Crippen LogP contribution >= 0.6 is 11.6 Å². The van der Waals surface area contributed by atoms with E-state index in [9.17, 15) is 9.90 Å². The molecule has 2 atom stereocenters. The van der Waals surface area contributed by atoms with E-state index in [1.54, 1.807) is 4.90 Å². The highest BCUT2D eigenvalue weighted by Crippen LogP contribution is 2.23. The minimum absolute atomic E-state index is 0.139. The van der Waals surface area contributed by atoms with Crippen molar-refractivity contribution >= 4 is 18.0 Å². The van der Waals surface area contributed by atoms with E-state index in [0.29, 0.717) is 12.4 Å². The highest BCUT2D eigenvalue weighted by molar-refractivity contribution is 6.17. The van der Waals surface area contributed by atoms with Crippen LogP contribution < -0.4 is 0 Å². The first-order valence-corrected chi connectivity index (χ1v) is 5.89. The van der Waals surface area contributed by atoms with E-state index in [4.69, 9.17) is 11.6 Å². The molecule has 0 radical (unpaired) electrons. The summed E-state index contributed by atoms with van der Waals surface area (Å²) >= 11 is 5.61. The van der Waals surface area contributed by atoms with Crippen LogP contribution in [0.1, 0.15) is 19.3 Å². The predicted molar refractivity (Wildman–Crippen MR) is 60.8 cm³/mol. The number of hydrogen-bond donors (Lipinski definition) is 1. The first-order chi connectivity index (χ1) is 7.33. The van der Waals surface area contributed by atoms with Crippen LogP contribution in [0.5, 0.6) is 0 Å². The molecule has 4 heteroatoms. The van der Waals surface area contributed by atoms with Crippen LogP contribution in [0.2, 0.25) is 0 Å². The summed E-state index contributed by atoms with van der Waals surface area (Å²) in [7, 11) is 0. The molecular formula is C11H18ClNO2. The van der Waals surface area contributed by atoms with Crippen LogP contribution in [0.15, 0.2) is 12.2 Å². The van der Waals surface area contributed by atoms with Crippen LogP contribution in [0.4, 0.5) is 0 Å². The molecule has 86 valence electrons. The SMILES string of the molecule is O=CN(CCCCl)C1CC=CCC1CO. The summed E-state index contributed by atoms with van der Waals surface area (Å²) in [6.45, 7) is 0.822. The van der Waals surface area contributed by atoms with Gasteiger partial charge in [-0.2, -0.15) is 0 Å². The van der Waals surface area contributed by atoms with Crippen molar-refractivity contribution in [1.29, 1.82) is 0 Å². The highest BCUT2D eigenvalue weighted by Gasteiger charge is 2.26. The third-order valence-corrected chi connectivity index (χ3v) is 3.14. The van der Waals surface area contributed by atoms with Crippen LogP contribution in [0.3, 0.4) is 0 Å². The summed E-state index contributed by atoms with van der Waals surface area (Å²) in [4.78, 5) is 12.7. The molecule has 0 aromatic heterocycles. The lowest BCUT2D eigenvalue weighted by molar-refractivity contribution is -0.121. The van der Waals surface area contributed by atoms with Gasteiger partial charge in [-0.3, -0.25) is 4.79 Å². The minimum Gasteiger partial charge on any atom is -0.396 e. The van der Waals surface area contributed by atoms with Gasteiger partial charge in [-0.1, -0.05) is 12.2 Å². The average Bonchev–Trinajstić information content (AvgIpc) is 2.30. The van der Waals surface area contributed by atoms with Gasteiger partial charge in [-0.25, -0.2) is 0 Å². The Balaban J connectivity index is 2.56. The number of rotatable bonds is 6. The highest BCUT2D eigenvalue weighted by atomic mass is 35.5. The normalized spacial score (nSPS) is 25.2. The number of amides is 1. The number of alkyl halides is 1. The number of aliphatic hydroxyl groups excluding tert-OH is 1. The van der Waals surface area contributed by atoms with E-state index in [2.05, 4.69) is 12.2 Å².